The fourth-order valence-electron chi connectivity index (χ4n) is 4.54. The zero-order valence-corrected chi connectivity index (χ0v) is 19.9. The molecule has 180 valence electrons. The van der Waals surface area contributed by atoms with Crippen molar-refractivity contribution in [3.63, 3.8) is 0 Å². The van der Waals surface area contributed by atoms with Gasteiger partial charge in [-0.2, -0.15) is 13.9 Å². The van der Waals surface area contributed by atoms with Gasteiger partial charge in [-0.25, -0.2) is 14.1 Å². The SMILES string of the molecule is CC[C@]1(N=[N+]=[N-])CC2=C(c3cnn(C(F)F)c3)[C@H](c3ccc(F)cc3Cl)N=C(c3nccs3)N2C1. The van der Waals surface area contributed by atoms with Gasteiger partial charge in [-0.05, 0) is 29.6 Å². The summed E-state index contributed by atoms with van der Waals surface area (Å²) < 4.78 is 41.2. The maximum atomic E-state index is 13.9. The van der Waals surface area contributed by atoms with Crippen molar-refractivity contribution in [3.8, 4) is 0 Å². The highest BCUT2D eigenvalue weighted by molar-refractivity contribution is 7.11. The van der Waals surface area contributed by atoms with E-state index in [1.54, 1.807) is 6.20 Å². The Bertz CT molecular complexity index is 1380. The summed E-state index contributed by atoms with van der Waals surface area (Å²) in [6.45, 7) is -0.549. The van der Waals surface area contributed by atoms with E-state index >= 15 is 0 Å². The van der Waals surface area contributed by atoms with Crippen LogP contribution in [0.15, 0.2) is 58.0 Å². The Morgan fingerprint density at radius 3 is 2.86 bits per heavy atom. The Morgan fingerprint density at radius 2 is 2.23 bits per heavy atom. The summed E-state index contributed by atoms with van der Waals surface area (Å²) in [5, 5.41) is 10.5. The smallest absolute Gasteiger partial charge is 0.327 e. The number of rotatable bonds is 6. The lowest BCUT2D eigenvalue weighted by Gasteiger charge is -2.32. The van der Waals surface area contributed by atoms with Crippen LogP contribution in [-0.2, 0) is 0 Å². The summed E-state index contributed by atoms with van der Waals surface area (Å²) >= 11 is 7.84. The van der Waals surface area contributed by atoms with Gasteiger partial charge in [0.1, 0.15) is 11.9 Å². The van der Waals surface area contributed by atoms with Crippen LogP contribution in [0.1, 0.15) is 48.5 Å². The molecule has 0 amide bonds. The molecule has 0 aliphatic carbocycles. The first-order valence-corrected chi connectivity index (χ1v) is 11.9. The van der Waals surface area contributed by atoms with Crippen molar-refractivity contribution in [2.24, 2.45) is 10.1 Å². The largest absolute Gasteiger partial charge is 0.333 e. The molecule has 1 fully saturated rings. The summed E-state index contributed by atoms with van der Waals surface area (Å²) in [5.41, 5.74) is 10.8. The van der Waals surface area contributed by atoms with Gasteiger partial charge in [0.15, 0.2) is 10.8 Å². The Morgan fingerprint density at radius 1 is 1.40 bits per heavy atom. The molecular formula is C22H18ClF3N8S. The Balaban J connectivity index is 1.78. The molecule has 2 aromatic heterocycles. The zero-order valence-electron chi connectivity index (χ0n) is 18.3. The van der Waals surface area contributed by atoms with Gasteiger partial charge in [0.05, 0.1) is 11.7 Å². The minimum atomic E-state index is -2.82. The summed E-state index contributed by atoms with van der Waals surface area (Å²) in [5.74, 6) is 0.0446. The molecule has 35 heavy (non-hydrogen) atoms. The predicted molar refractivity (Wildman–Crippen MR) is 127 cm³/mol. The van der Waals surface area contributed by atoms with Gasteiger partial charge in [0.2, 0.25) is 0 Å². The van der Waals surface area contributed by atoms with E-state index in [2.05, 4.69) is 20.1 Å². The molecule has 1 aromatic carbocycles. The number of thiazole rings is 1. The Hall–Kier alpha value is -3.34. The van der Waals surface area contributed by atoms with Gasteiger partial charge >= 0.3 is 6.55 Å². The molecule has 4 heterocycles. The molecule has 0 radical (unpaired) electrons. The summed E-state index contributed by atoms with van der Waals surface area (Å²) in [6, 6.07) is 3.26. The van der Waals surface area contributed by atoms with Crippen LogP contribution in [0, 0.1) is 5.82 Å². The monoisotopic (exact) mass is 518 g/mol. The second-order valence-corrected chi connectivity index (χ2v) is 9.54. The average Bonchev–Trinajstić information content (AvgIpc) is 3.58. The molecule has 0 spiro atoms. The number of hydrogen-bond donors (Lipinski definition) is 0. The average molecular weight is 519 g/mol. The number of amidine groups is 1. The van der Waals surface area contributed by atoms with Crippen molar-refractivity contribution in [2.45, 2.75) is 37.9 Å². The number of halogens is 4. The maximum absolute atomic E-state index is 13.9. The van der Waals surface area contributed by atoms with Gasteiger partial charge in [-0.15, -0.1) is 11.3 Å². The van der Waals surface area contributed by atoms with E-state index < -0.39 is 23.9 Å². The second kappa shape index (κ2) is 9.03. The quantitative estimate of drug-likeness (QED) is 0.209. The molecule has 2 aliphatic heterocycles. The Labute approximate surface area is 207 Å². The Kier molecular flexibility index (Phi) is 6.04. The number of alkyl halides is 2. The molecule has 0 bridgehead atoms. The fraction of sp³-hybridized carbons (Fsp3) is 0.318. The van der Waals surface area contributed by atoms with Gasteiger partial charge in [0.25, 0.3) is 0 Å². The van der Waals surface area contributed by atoms with Crippen LogP contribution in [0.4, 0.5) is 13.2 Å². The minimum Gasteiger partial charge on any atom is -0.327 e. The van der Waals surface area contributed by atoms with Crippen LogP contribution < -0.4 is 0 Å². The number of benzene rings is 1. The molecule has 1 saturated heterocycles. The third-order valence-electron chi connectivity index (χ3n) is 6.27. The van der Waals surface area contributed by atoms with Crippen molar-refractivity contribution < 1.29 is 13.2 Å². The highest BCUT2D eigenvalue weighted by Gasteiger charge is 2.46. The maximum Gasteiger partial charge on any atom is 0.333 e. The lowest BCUT2D eigenvalue weighted by atomic mass is 9.88. The molecular weight excluding hydrogens is 501 g/mol. The van der Waals surface area contributed by atoms with Gasteiger partial charge in [0, 0.05) is 57.5 Å². The number of hydrogen-bond acceptors (Lipinski definition) is 6. The lowest BCUT2D eigenvalue weighted by molar-refractivity contribution is 0.0566. The van der Waals surface area contributed by atoms with E-state index in [1.807, 2.05) is 17.2 Å². The first kappa shape index (κ1) is 23.4. The van der Waals surface area contributed by atoms with Gasteiger partial charge in [-0.3, -0.25) is 4.99 Å². The number of azide groups is 1. The van der Waals surface area contributed by atoms with Crippen LogP contribution in [0.25, 0.3) is 16.0 Å². The van der Waals surface area contributed by atoms with Crippen molar-refractivity contribution in [2.75, 3.05) is 6.54 Å². The lowest BCUT2D eigenvalue weighted by Crippen LogP contribution is -2.36. The van der Waals surface area contributed by atoms with Crippen LogP contribution in [0.5, 0.6) is 0 Å². The number of aliphatic imine (C=N–C) groups is 1. The van der Waals surface area contributed by atoms with Crippen molar-refractivity contribution >= 4 is 34.3 Å². The third kappa shape index (κ3) is 4.07. The first-order valence-electron chi connectivity index (χ1n) is 10.7. The van der Waals surface area contributed by atoms with Crippen molar-refractivity contribution in [1.82, 2.24) is 19.7 Å². The molecule has 0 N–H and O–H groups in total. The molecule has 8 nitrogen and oxygen atoms in total. The van der Waals surface area contributed by atoms with E-state index in [0.717, 1.165) is 5.70 Å². The zero-order chi connectivity index (χ0) is 24.7. The van der Waals surface area contributed by atoms with Gasteiger partial charge < -0.3 is 4.90 Å². The predicted octanol–water partition coefficient (Wildman–Crippen LogP) is 6.60. The van der Waals surface area contributed by atoms with Crippen LogP contribution >= 0.6 is 22.9 Å². The molecule has 0 saturated carbocycles. The molecule has 3 aromatic rings. The second-order valence-electron chi connectivity index (χ2n) is 8.24. The third-order valence-corrected chi connectivity index (χ3v) is 7.37. The van der Waals surface area contributed by atoms with E-state index in [4.69, 9.17) is 16.6 Å². The van der Waals surface area contributed by atoms with E-state index in [1.165, 1.54) is 41.9 Å². The fourth-order valence-corrected chi connectivity index (χ4v) is 5.45. The highest BCUT2D eigenvalue weighted by Crippen LogP contribution is 2.49. The van der Waals surface area contributed by atoms with Crippen molar-refractivity contribution in [1.29, 1.82) is 0 Å². The number of nitrogens with zero attached hydrogens (tertiary/aromatic N) is 8. The van der Waals surface area contributed by atoms with Crippen LogP contribution in [0.2, 0.25) is 5.02 Å². The van der Waals surface area contributed by atoms with E-state index in [-0.39, 0.29) is 5.02 Å². The van der Waals surface area contributed by atoms with Gasteiger partial charge in [-0.1, -0.05) is 29.7 Å². The molecule has 5 rings (SSSR count). The minimum absolute atomic E-state index is 0.153. The summed E-state index contributed by atoms with van der Waals surface area (Å²) in [6.07, 6.45) is 5.15. The van der Waals surface area contributed by atoms with Crippen LogP contribution in [-0.4, -0.2) is 37.6 Å². The van der Waals surface area contributed by atoms with Crippen molar-refractivity contribution in [3.05, 3.63) is 85.3 Å². The number of aromatic nitrogens is 3. The topological polar surface area (TPSA) is 95.1 Å². The summed E-state index contributed by atoms with van der Waals surface area (Å²) in [7, 11) is 0. The van der Waals surface area contributed by atoms with E-state index in [0.29, 0.717) is 51.6 Å². The first-order chi connectivity index (χ1) is 16.9. The standard InChI is InChI=1S/C22H18ClF3N8S/c1-2-22(31-32-27)8-16-17(12-9-29-34(10-12)21(25)26)18(14-4-3-13(24)7-15(14)23)30-19(33(16)11-22)20-28-5-6-35-20/h3-7,9-10,18,21H,2,8,11H2,1H3/t18-,22-/m0/s1. The molecule has 2 aliphatic rings. The van der Waals surface area contributed by atoms with Crippen LogP contribution in [0.3, 0.4) is 0 Å². The molecule has 0 unspecified atom stereocenters. The summed E-state index contributed by atoms with van der Waals surface area (Å²) in [4.78, 5) is 14.4. The number of fused-ring (bicyclic) bond motifs is 1. The highest BCUT2D eigenvalue weighted by atomic mass is 35.5. The normalized spacial score (nSPS) is 21.8. The van der Waals surface area contributed by atoms with E-state index in [9.17, 15) is 18.7 Å². The molecule has 13 heteroatoms. The molecule has 2 atom stereocenters.